The molecule has 1 saturated heterocycles. The van der Waals surface area contributed by atoms with Crippen LogP contribution in [0.4, 0.5) is 0 Å². The molecule has 1 unspecified atom stereocenters. The molecule has 2 heterocycles. The predicted octanol–water partition coefficient (Wildman–Crippen LogP) is 1.41. The van der Waals surface area contributed by atoms with Crippen LogP contribution >= 0.6 is 24.8 Å². The molecule has 2 rings (SSSR count). The zero-order valence-electron chi connectivity index (χ0n) is 10.0. The summed E-state index contributed by atoms with van der Waals surface area (Å²) in [5.41, 5.74) is 7.68. The van der Waals surface area contributed by atoms with Crippen LogP contribution in [0.3, 0.4) is 0 Å². The number of hydrogen-bond acceptors (Lipinski definition) is 4. The van der Waals surface area contributed by atoms with Gasteiger partial charge in [-0.2, -0.15) is 0 Å². The SMILES string of the molecule is Cc1cnc(CN2CCC(CN)C2)cn1.Cl.Cl. The Morgan fingerprint density at radius 2 is 2.12 bits per heavy atom. The highest BCUT2D eigenvalue weighted by Crippen LogP contribution is 2.16. The molecule has 1 aliphatic heterocycles. The number of nitrogens with two attached hydrogens (primary N) is 1. The van der Waals surface area contributed by atoms with Crippen LogP contribution < -0.4 is 5.73 Å². The van der Waals surface area contributed by atoms with E-state index in [-0.39, 0.29) is 24.8 Å². The van der Waals surface area contributed by atoms with E-state index in [1.165, 1.54) is 6.42 Å². The highest BCUT2D eigenvalue weighted by atomic mass is 35.5. The second-order valence-electron chi connectivity index (χ2n) is 4.27. The summed E-state index contributed by atoms with van der Waals surface area (Å²) in [6.45, 7) is 5.90. The van der Waals surface area contributed by atoms with Crippen LogP contribution in [0.25, 0.3) is 0 Å². The van der Waals surface area contributed by atoms with Crippen LogP contribution in [0, 0.1) is 12.8 Å². The van der Waals surface area contributed by atoms with E-state index >= 15 is 0 Å². The average molecular weight is 279 g/mol. The molecule has 1 aromatic rings. The minimum absolute atomic E-state index is 0. The van der Waals surface area contributed by atoms with Gasteiger partial charge < -0.3 is 5.73 Å². The summed E-state index contributed by atoms with van der Waals surface area (Å²) in [5.74, 6) is 0.670. The fourth-order valence-corrected chi connectivity index (χ4v) is 1.98. The molecule has 0 amide bonds. The number of aryl methyl sites for hydroxylation is 1. The maximum atomic E-state index is 5.65. The van der Waals surface area contributed by atoms with Gasteiger partial charge in [0.05, 0.1) is 11.4 Å². The van der Waals surface area contributed by atoms with Gasteiger partial charge in [-0.15, -0.1) is 24.8 Å². The molecule has 1 fully saturated rings. The molecule has 4 nitrogen and oxygen atoms in total. The van der Waals surface area contributed by atoms with Crippen molar-refractivity contribution in [3.8, 4) is 0 Å². The fourth-order valence-electron chi connectivity index (χ4n) is 1.98. The van der Waals surface area contributed by atoms with Crippen LogP contribution in [0.15, 0.2) is 12.4 Å². The third-order valence-corrected chi connectivity index (χ3v) is 2.92. The highest BCUT2D eigenvalue weighted by Gasteiger charge is 2.21. The van der Waals surface area contributed by atoms with E-state index in [4.69, 9.17) is 5.73 Å². The number of rotatable bonds is 3. The van der Waals surface area contributed by atoms with Gasteiger partial charge in [0.1, 0.15) is 0 Å². The third kappa shape index (κ3) is 4.76. The normalized spacial score (nSPS) is 19.5. The first-order valence-corrected chi connectivity index (χ1v) is 5.48. The molecule has 0 saturated carbocycles. The van der Waals surface area contributed by atoms with Crippen molar-refractivity contribution in [2.45, 2.75) is 19.9 Å². The first kappa shape index (κ1) is 16.6. The smallest absolute Gasteiger partial charge is 0.0727 e. The van der Waals surface area contributed by atoms with E-state index in [0.29, 0.717) is 5.92 Å². The highest BCUT2D eigenvalue weighted by molar-refractivity contribution is 5.85. The zero-order valence-corrected chi connectivity index (χ0v) is 11.6. The molecule has 0 radical (unpaired) electrons. The quantitative estimate of drug-likeness (QED) is 0.909. The molecule has 6 heteroatoms. The number of hydrogen-bond donors (Lipinski definition) is 1. The molecule has 17 heavy (non-hydrogen) atoms. The Morgan fingerprint density at radius 3 is 2.65 bits per heavy atom. The lowest BCUT2D eigenvalue weighted by Crippen LogP contribution is -2.23. The van der Waals surface area contributed by atoms with E-state index in [2.05, 4.69) is 14.9 Å². The number of likely N-dealkylation sites (tertiary alicyclic amines) is 1. The Kier molecular flexibility index (Phi) is 7.63. The van der Waals surface area contributed by atoms with Gasteiger partial charge in [-0.1, -0.05) is 0 Å². The van der Waals surface area contributed by atoms with E-state index < -0.39 is 0 Å². The second-order valence-corrected chi connectivity index (χ2v) is 4.27. The summed E-state index contributed by atoms with van der Waals surface area (Å²) in [6.07, 6.45) is 4.91. The van der Waals surface area contributed by atoms with Crippen molar-refractivity contribution in [1.29, 1.82) is 0 Å². The predicted molar refractivity (Wildman–Crippen MR) is 73.7 cm³/mol. The lowest BCUT2D eigenvalue weighted by molar-refractivity contribution is 0.313. The summed E-state index contributed by atoms with van der Waals surface area (Å²) in [7, 11) is 0. The standard InChI is InChI=1S/C11H18N4.2ClH/c1-9-5-14-11(6-13-9)8-15-3-2-10(4-12)7-15;;/h5-6,10H,2-4,7-8,12H2,1H3;2*1H. The maximum Gasteiger partial charge on any atom is 0.0727 e. The van der Waals surface area contributed by atoms with Crippen molar-refractivity contribution < 1.29 is 0 Å². The van der Waals surface area contributed by atoms with Gasteiger partial charge in [0.25, 0.3) is 0 Å². The zero-order chi connectivity index (χ0) is 10.7. The number of nitrogens with zero attached hydrogens (tertiary/aromatic N) is 3. The topological polar surface area (TPSA) is 55.0 Å². The molecule has 1 atom stereocenters. The van der Waals surface area contributed by atoms with Gasteiger partial charge in [0, 0.05) is 25.5 Å². The van der Waals surface area contributed by atoms with Crippen molar-refractivity contribution in [2.24, 2.45) is 11.7 Å². The first-order chi connectivity index (χ1) is 7.28. The monoisotopic (exact) mass is 278 g/mol. The molecule has 2 N–H and O–H groups in total. The van der Waals surface area contributed by atoms with Gasteiger partial charge in [-0.3, -0.25) is 14.9 Å². The summed E-state index contributed by atoms with van der Waals surface area (Å²) in [4.78, 5) is 11.0. The van der Waals surface area contributed by atoms with Crippen molar-refractivity contribution in [3.05, 3.63) is 23.8 Å². The van der Waals surface area contributed by atoms with Gasteiger partial charge in [0.2, 0.25) is 0 Å². The lowest BCUT2D eigenvalue weighted by Gasteiger charge is -2.14. The maximum absolute atomic E-state index is 5.65. The van der Waals surface area contributed by atoms with Gasteiger partial charge >= 0.3 is 0 Å². The van der Waals surface area contributed by atoms with Gasteiger partial charge in [0.15, 0.2) is 0 Å². The third-order valence-electron chi connectivity index (χ3n) is 2.92. The van der Waals surface area contributed by atoms with Crippen molar-refractivity contribution >= 4 is 24.8 Å². The average Bonchev–Trinajstić information content (AvgIpc) is 2.69. The molecular weight excluding hydrogens is 259 g/mol. The molecule has 98 valence electrons. The Labute approximate surface area is 115 Å². The van der Waals surface area contributed by atoms with Crippen LogP contribution in [0.5, 0.6) is 0 Å². The van der Waals surface area contributed by atoms with Crippen molar-refractivity contribution in [3.63, 3.8) is 0 Å². The molecule has 0 aromatic carbocycles. The largest absolute Gasteiger partial charge is 0.330 e. The van der Waals surface area contributed by atoms with Gasteiger partial charge in [-0.25, -0.2) is 0 Å². The molecule has 1 aliphatic rings. The summed E-state index contributed by atoms with van der Waals surface area (Å²) >= 11 is 0. The number of aromatic nitrogens is 2. The molecular formula is C11H20Cl2N4. The Morgan fingerprint density at radius 1 is 1.35 bits per heavy atom. The fraction of sp³-hybridized carbons (Fsp3) is 0.636. The summed E-state index contributed by atoms with van der Waals surface area (Å²) in [6, 6.07) is 0. The van der Waals surface area contributed by atoms with Crippen LogP contribution in [-0.4, -0.2) is 34.5 Å². The van der Waals surface area contributed by atoms with E-state index in [0.717, 1.165) is 37.6 Å². The second kappa shape index (κ2) is 7.82. The van der Waals surface area contributed by atoms with E-state index in [9.17, 15) is 0 Å². The van der Waals surface area contributed by atoms with E-state index in [1.807, 2.05) is 19.3 Å². The molecule has 1 aromatic heterocycles. The first-order valence-electron chi connectivity index (χ1n) is 5.48. The van der Waals surface area contributed by atoms with Crippen molar-refractivity contribution in [2.75, 3.05) is 19.6 Å². The Hall–Kier alpha value is -0.420. The Balaban J connectivity index is 0.00000128. The molecule has 0 bridgehead atoms. The van der Waals surface area contributed by atoms with E-state index in [1.54, 1.807) is 0 Å². The van der Waals surface area contributed by atoms with Crippen LogP contribution in [0.2, 0.25) is 0 Å². The lowest BCUT2D eigenvalue weighted by atomic mass is 10.1. The molecule has 0 spiro atoms. The minimum Gasteiger partial charge on any atom is -0.330 e. The number of halogens is 2. The van der Waals surface area contributed by atoms with Crippen LogP contribution in [0.1, 0.15) is 17.8 Å². The summed E-state index contributed by atoms with van der Waals surface area (Å²) in [5, 5.41) is 0. The minimum atomic E-state index is 0. The van der Waals surface area contributed by atoms with Crippen LogP contribution in [-0.2, 0) is 6.54 Å². The summed E-state index contributed by atoms with van der Waals surface area (Å²) < 4.78 is 0. The van der Waals surface area contributed by atoms with Gasteiger partial charge in [-0.05, 0) is 32.4 Å². The molecule has 0 aliphatic carbocycles. The van der Waals surface area contributed by atoms with Crippen molar-refractivity contribution in [1.82, 2.24) is 14.9 Å². The Bertz CT molecular complexity index is 318.